The minimum Gasteiger partial charge on any atom is -0.362 e. The minimum absolute atomic E-state index is 0.0220. The quantitative estimate of drug-likeness (QED) is 0.670. The van der Waals surface area contributed by atoms with E-state index in [4.69, 9.17) is 0 Å². The lowest BCUT2D eigenvalue weighted by atomic mass is 9.86. The average molecular weight is 301 g/mol. The van der Waals surface area contributed by atoms with Crippen molar-refractivity contribution in [3.05, 3.63) is 39.9 Å². The Morgan fingerprint density at radius 1 is 1.45 bits per heavy atom. The van der Waals surface area contributed by atoms with E-state index in [1.54, 1.807) is 0 Å². The highest BCUT2D eigenvalue weighted by Crippen LogP contribution is 2.55. The molecule has 22 heavy (non-hydrogen) atoms. The molecule has 116 valence electrons. The Morgan fingerprint density at radius 2 is 2.23 bits per heavy atom. The Hall–Kier alpha value is -2.11. The number of benzene rings is 1. The van der Waals surface area contributed by atoms with Crippen molar-refractivity contribution >= 4 is 11.6 Å². The normalized spacial score (nSPS) is 35.6. The maximum atomic E-state index is 12.5. The van der Waals surface area contributed by atoms with Crippen LogP contribution in [-0.2, 0) is 11.3 Å². The third-order valence-corrected chi connectivity index (χ3v) is 5.73. The van der Waals surface area contributed by atoms with Gasteiger partial charge < -0.3 is 10.2 Å². The molecule has 2 heterocycles. The Kier molecular flexibility index (Phi) is 2.74. The third-order valence-electron chi connectivity index (χ3n) is 5.73. The molecule has 1 aliphatic carbocycles. The molecule has 1 N–H and O–H groups in total. The summed E-state index contributed by atoms with van der Waals surface area (Å²) < 4.78 is 0. The van der Waals surface area contributed by atoms with Crippen LogP contribution < -0.4 is 5.32 Å². The number of nitrogens with zero attached hydrogens (tertiary/aromatic N) is 2. The zero-order valence-corrected chi connectivity index (χ0v) is 12.5. The van der Waals surface area contributed by atoms with E-state index in [9.17, 15) is 14.9 Å². The fourth-order valence-corrected chi connectivity index (χ4v) is 4.80. The van der Waals surface area contributed by atoms with Crippen molar-refractivity contribution in [2.45, 2.75) is 32.0 Å². The second-order valence-electron chi connectivity index (χ2n) is 6.86. The van der Waals surface area contributed by atoms with Gasteiger partial charge in [-0.2, -0.15) is 0 Å². The van der Waals surface area contributed by atoms with Crippen LogP contribution in [0.25, 0.3) is 0 Å². The van der Waals surface area contributed by atoms with Crippen molar-refractivity contribution in [3.8, 4) is 0 Å². The summed E-state index contributed by atoms with van der Waals surface area (Å²) in [6, 6.07) is 8.02. The molecule has 1 aromatic carbocycles. The van der Waals surface area contributed by atoms with E-state index in [0.717, 1.165) is 17.7 Å². The molecule has 0 bridgehead atoms. The van der Waals surface area contributed by atoms with Gasteiger partial charge in [-0.25, -0.2) is 0 Å². The number of amides is 1. The Labute approximate surface area is 128 Å². The number of hydrogen-bond acceptors (Lipinski definition) is 4. The molecule has 2 aliphatic heterocycles. The molecule has 1 saturated carbocycles. The summed E-state index contributed by atoms with van der Waals surface area (Å²) in [6.45, 7) is 2.64. The predicted octanol–water partition coefficient (Wildman–Crippen LogP) is 2.09. The Bertz CT molecular complexity index is 662. The highest BCUT2D eigenvalue weighted by Gasteiger charge is 2.63. The maximum Gasteiger partial charge on any atom is 0.225 e. The van der Waals surface area contributed by atoms with Gasteiger partial charge in [-0.15, -0.1) is 0 Å². The van der Waals surface area contributed by atoms with Crippen LogP contribution in [0.3, 0.4) is 0 Å². The van der Waals surface area contributed by atoms with Crippen LogP contribution in [0.1, 0.15) is 25.3 Å². The van der Waals surface area contributed by atoms with Crippen molar-refractivity contribution in [3.63, 3.8) is 0 Å². The zero-order chi connectivity index (χ0) is 15.5. The monoisotopic (exact) mass is 301 g/mol. The first kappa shape index (κ1) is 13.5. The zero-order valence-electron chi connectivity index (χ0n) is 12.5. The molecule has 6 nitrogen and oxygen atoms in total. The predicted molar refractivity (Wildman–Crippen MR) is 80.6 cm³/mol. The number of nitro groups is 1. The molecule has 4 rings (SSSR count). The topological polar surface area (TPSA) is 75.5 Å². The van der Waals surface area contributed by atoms with Crippen molar-refractivity contribution in [1.29, 1.82) is 0 Å². The smallest absolute Gasteiger partial charge is 0.225 e. The van der Waals surface area contributed by atoms with Crippen molar-refractivity contribution in [2.75, 3.05) is 11.9 Å². The van der Waals surface area contributed by atoms with Gasteiger partial charge in [0, 0.05) is 35.4 Å². The van der Waals surface area contributed by atoms with E-state index < -0.39 is 5.66 Å². The van der Waals surface area contributed by atoms with Crippen molar-refractivity contribution < 1.29 is 9.72 Å². The van der Waals surface area contributed by atoms with Gasteiger partial charge in [-0.1, -0.05) is 25.1 Å². The second kappa shape index (κ2) is 4.44. The van der Waals surface area contributed by atoms with Gasteiger partial charge in [-0.05, 0) is 24.0 Å². The summed E-state index contributed by atoms with van der Waals surface area (Å²) in [5, 5.41) is 14.6. The van der Waals surface area contributed by atoms with Crippen molar-refractivity contribution in [2.24, 2.45) is 17.8 Å². The Morgan fingerprint density at radius 3 is 3.00 bits per heavy atom. The lowest BCUT2D eigenvalue weighted by Crippen LogP contribution is -2.55. The summed E-state index contributed by atoms with van der Waals surface area (Å²) in [7, 11) is 0. The molecule has 0 radical (unpaired) electrons. The van der Waals surface area contributed by atoms with E-state index in [-0.39, 0.29) is 35.1 Å². The molecule has 1 spiro atoms. The number of fused-ring (bicyclic) bond motifs is 1. The van der Waals surface area contributed by atoms with Crippen molar-refractivity contribution in [1.82, 2.24) is 4.90 Å². The molecule has 4 atom stereocenters. The third kappa shape index (κ3) is 1.69. The Balaban J connectivity index is 1.75. The molecular weight excluding hydrogens is 282 g/mol. The van der Waals surface area contributed by atoms with Crippen LogP contribution in [-0.4, -0.2) is 27.9 Å². The maximum absolute atomic E-state index is 12.5. The molecule has 1 aromatic rings. The fourth-order valence-electron chi connectivity index (χ4n) is 4.80. The standard InChI is InChI=1S/C16H19N3O3/c1-10-7-16-13(12(10)9-19(21)22)6-15(20)18(16)8-11-4-2-3-5-14(11)17-16/h2-5,10,12-13,17H,6-9H2,1H3/t10-,12+,13-,16+/m0/s1. The van der Waals surface area contributed by atoms with E-state index >= 15 is 0 Å². The summed E-state index contributed by atoms with van der Waals surface area (Å²) in [5.74, 6) is 0.339. The van der Waals surface area contributed by atoms with Gasteiger partial charge in [0.1, 0.15) is 5.66 Å². The fraction of sp³-hybridized carbons (Fsp3) is 0.562. The molecule has 0 aromatic heterocycles. The first-order chi connectivity index (χ1) is 10.5. The number of rotatable bonds is 2. The highest BCUT2D eigenvalue weighted by molar-refractivity contribution is 5.83. The van der Waals surface area contributed by atoms with Crippen LogP contribution in [0.5, 0.6) is 0 Å². The van der Waals surface area contributed by atoms with Gasteiger partial charge in [0.2, 0.25) is 12.5 Å². The molecule has 6 heteroatoms. The molecular formula is C16H19N3O3. The van der Waals surface area contributed by atoms with Crippen LogP contribution in [0.2, 0.25) is 0 Å². The number of carbonyl (C=O) groups is 1. The lowest BCUT2D eigenvalue weighted by Gasteiger charge is -2.45. The van der Waals surface area contributed by atoms with Gasteiger partial charge in [0.25, 0.3) is 0 Å². The van der Waals surface area contributed by atoms with Crippen LogP contribution in [0.15, 0.2) is 24.3 Å². The van der Waals surface area contributed by atoms with E-state index in [1.807, 2.05) is 29.2 Å². The van der Waals surface area contributed by atoms with E-state index in [1.165, 1.54) is 0 Å². The molecule has 0 unspecified atom stereocenters. The average Bonchev–Trinajstić information content (AvgIpc) is 2.87. The number of nitrogens with one attached hydrogen (secondary N) is 1. The van der Waals surface area contributed by atoms with Crippen LogP contribution in [0.4, 0.5) is 5.69 Å². The molecule has 2 fully saturated rings. The highest BCUT2D eigenvalue weighted by atomic mass is 16.6. The number of carbonyl (C=O) groups excluding carboxylic acids is 1. The van der Waals surface area contributed by atoms with Gasteiger partial charge in [-0.3, -0.25) is 14.9 Å². The molecule has 1 amide bonds. The number of anilines is 1. The van der Waals surface area contributed by atoms with E-state index in [0.29, 0.717) is 13.0 Å². The van der Waals surface area contributed by atoms with Gasteiger partial charge in [0.05, 0.1) is 0 Å². The van der Waals surface area contributed by atoms with Crippen LogP contribution in [0, 0.1) is 27.9 Å². The number of hydrogen-bond donors (Lipinski definition) is 1. The summed E-state index contributed by atoms with van der Waals surface area (Å²) in [5.41, 5.74) is 1.76. The second-order valence-corrected chi connectivity index (χ2v) is 6.86. The number of para-hydroxylation sites is 1. The summed E-state index contributed by atoms with van der Waals surface area (Å²) in [6.07, 6.45) is 1.21. The molecule has 1 saturated heterocycles. The van der Waals surface area contributed by atoms with Gasteiger partial charge >= 0.3 is 0 Å². The molecule has 3 aliphatic rings. The lowest BCUT2D eigenvalue weighted by molar-refractivity contribution is -0.490. The van der Waals surface area contributed by atoms with Crippen LogP contribution >= 0.6 is 0 Å². The SMILES string of the molecule is C[C@H]1C[C@@]23Nc4ccccc4CN2C(=O)C[C@H]3[C@@H]1C[N+](=O)[O-]. The van der Waals surface area contributed by atoms with Gasteiger partial charge in [0.15, 0.2) is 0 Å². The summed E-state index contributed by atoms with van der Waals surface area (Å²) >= 11 is 0. The largest absolute Gasteiger partial charge is 0.362 e. The first-order valence-electron chi connectivity index (χ1n) is 7.79. The minimum atomic E-state index is -0.425. The summed E-state index contributed by atoms with van der Waals surface area (Å²) in [4.78, 5) is 25.2. The van der Waals surface area contributed by atoms with E-state index in [2.05, 4.69) is 12.2 Å². The first-order valence-corrected chi connectivity index (χ1v) is 7.79.